The number of benzene rings is 1. The van der Waals surface area contributed by atoms with Crippen molar-refractivity contribution in [2.45, 2.75) is 39.7 Å². The Morgan fingerprint density at radius 3 is 2.43 bits per heavy atom. The average Bonchev–Trinajstić information content (AvgIpc) is 3.07. The highest BCUT2D eigenvalue weighted by atomic mass is 35.5. The van der Waals surface area contributed by atoms with Crippen LogP contribution in [0.2, 0.25) is 5.02 Å². The van der Waals surface area contributed by atoms with Gasteiger partial charge in [0.2, 0.25) is 11.0 Å². The summed E-state index contributed by atoms with van der Waals surface area (Å²) in [6.07, 6.45) is 0. The number of halogens is 1. The third-order valence-corrected chi connectivity index (χ3v) is 5.26. The topological polar surface area (TPSA) is 127 Å². The van der Waals surface area contributed by atoms with E-state index in [9.17, 15) is 19.7 Å². The van der Waals surface area contributed by atoms with Gasteiger partial charge in [0.25, 0.3) is 11.6 Å². The maximum atomic E-state index is 12.6. The zero-order valence-electron chi connectivity index (χ0n) is 15.7. The average molecular weight is 426 g/mol. The van der Waals surface area contributed by atoms with E-state index in [0.29, 0.717) is 5.13 Å². The summed E-state index contributed by atoms with van der Waals surface area (Å²) in [6.45, 7) is 7.48. The lowest BCUT2D eigenvalue weighted by Gasteiger charge is -2.21. The SMILES string of the molecule is CC(C)c1nnc(NC(=O)[C@@H](NC(=O)c2ccc(Cl)c([N+](=O)[O-])c2)C(C)C)s1. The number of nitrogens with one attached hydrogen (secondary N) is 2. The first-order chi connectivity index (χ1) is 13.1. The molecule has 0 aliphatic rings. The van der Waals surface area contributed by atoms with Crippen molar-refractivity contribution in [1.29, 1.82) is 0 Å². The second-order valence-corrected chi connectivity index (χ2v) is 8.12. The molecule has 2 aromatic rings. The van der Waals surface area contributed by atoms with E-state index < -0.39 is 22.8 Å². The van der Waals surface area contributed by atoms with E-state index in [1.807, 2.05) is 13.8 Å². The minimum Gasteiger partial charge on any atom is -0.340 e. The monoisotopic (exact) mass is 425 g/mol. The van der Waals surface area contributed by atoms with Gasteiger partial charge in [0.05, 0.1) is 4.92 Å². The predicted molar refractivity (Wildman–Crippen MR) is 107 cm³/mol. The molecular weight excluding hydrogens is 406 g/mol. The Bertz CT molecular complexity index is 899. The van der Waals surface area contributed by atoms with E-state index in [2.05, 4.69) is 20.8 Å². The van der Waals surface area contributed by atoms with Gasteiger partial charge in [-0.1, -0.05) is 50.6 Å². The predicted octanol–water partition coefficient (Wildman–Crippen LogP) is 3.62. The normalized spacial score (nSPS) is 12.1. The van der Waals surface area contributed by atoms with Crippen LogP contribution in [0.3, 0.4) is 0 Å². The molecule has 1 aromatic carbocycles. The van der Waals surface area contributed by atoms with Crippen LogP contribution in [0.1, 0.15) is 49.0 Å². The van der Waals surface area contributed by atoms with E-state index in [1.54, 1.807) is 13.8 Å². The lowest BCUT2D eigenvalue weighted by molar-refractivity contribution is -0.384. The number of amides is 2. The summed E-state index contributed by atoms with van der Waals surface area (Å²) in [7, 11) is 0. The molecule has 0 saturated carbocycles. The molecule has 0 saturated heterocycles. The van der Waals surface area contributed by atoms with Crippen molar-refractivity contribution in [3.8, 4) is 0 Å². The molecule has 2 rings (SSSR count). The molecule has 11 heteroatoms. The van der Waals surface area contributed by atoms with Crippen LogP contribution in [0.25, 0.3) is 0 Å². The van der Waals surface area contributed by atoms with Crippen LogP contribution >= 0.6 is 22.9 Å². The van der Waals surface area contributed by atoms with Crippen LogP contribution in [-0.4, -0.2) is 33.0 Å². The van der Waals surface area contributed by atoms with Gasteiger partial charge >= 0.3 is 0 Å². The molecule has 0 fully saturated rings. The molecule has 150 valence electrons. The van der Waals surface area contributed by atoms with Crippen molar-refractivity contribution < 1.29 is 14.5 Å². The van der Waals surface area contributed by atoms with Gasteiger partial charge in [0, 0.05) is 17.5 Å². The summed E-state index contributed by atoms with van der Waals surface area (Å²) >= 11 is 7.03. The van der Waals surface area contributed by atoms with E-state index in [1.165, 1.54) is 23.5 Å². The number of nitrogens with zero attached hydrogens (tertiary/aromatic N) is 3. The van der Waals surface area contributed by atoms with Crippen molar-refractivity contribution in [3.05, 3.63) is 43.9 Å². The first-order valence-electron chi connectivity index (χ1n) is 8.49. The highest BCUT2D eigenvalue weighted by molar-refractivity contribution is 7.15. The second-order valence-electron chi connectivity index (χ2n) is 6.71. The molecule has 1 atom stereocenters. The Hall–Kier alpha value is -2.59. The number of carbonyl (C=O) groups is 2. The molecule has 2 N–H and O–H groups in total. The summed E-state index contributed by atoms with van der Waals surface area (Å²) in [5, 5.41) is 25.3. The fourth-order valence-corrected chi connectivity index (χ4v) is 3.19. The Morgan fingerprint density at radius 1 is 1.21 bits per heavy atom. The van der Waals surface area contributed by atoms with Crippen LogP contribution < -0.4 is 10.6 Å². The molecule has 28 heavy (non-hydrogen) atoms. The lowest BCUT2D eigenvalue weighted by atomic mass is 10.0. The van der Waals surface area contributed by atoms with Crippen molar-refractivity contribution in [1.82, 2.24) is 15.5 Å². The van der Waals surface area contributed by atoms with E-state index in [-0.39, 0.29) is 28.1 Å². The quantitative estimate of drug-likeness (QED) is 0.515. The molecular formula is C17H20ClN5O4S. The van der Waals surface area contributed by atoms with E-state index in [4.69, 9.17) is 11.6 Å². The van der Waals surface area contributed by atoms with Gasteiger partial charge in [-0.05, 0) is 18.1 Å². The van der Waals surface area contributed by atoms with E-state index in [0.717, 1.165) is 11.1 Å². The van der Waals surface area contributed by atoms with Crippen LogP contribution in [0, 0.1) is 16.0 Å². The number of hydrogen-bond donors (Lipinski definition) is 2. The van der Waals surface area contributed by atoms with Gasteiger partial charge in [0.15, 0.2) is 0 Å². The minimum absolute atomic E-state index is 0.0348. The first kappa shape index (κ1) is 21.7. The molecule has 1 heterocycles. The zero-order chi connectivity index (χ0) is 21.0. The zero-order valence-corrected chi connectivity index (χ0v) is 17.3. The van der Waals surface area contributed by atoms with Crippen LogP contribution in [0.4, 0.5) is 10.8 Å². The smallest absolute Gasteiger partial charge is 0.288 e. The maximum absolute atomic E-state index is 12.6. The molecule has 0 aliphatic heterocycles. The van der Waals surface area contributed by atoms with Gasteiger partial charge in [-0.25, -0.2) is 0 Å². The third-order valence-electron chi connectivity index (χ3n) is 3.81. The second kappa shape index (κ2) is 9.07. The highest BCUT2D eigenvalue weighted by Crippen LogP contribution is 2.25. The summed E-state index contributed by atoms with van der Waals surface area (Å²) in [5.41, 5.74) is -0.345. The summed E-state index contributed by atoms with van der Waals surface area (Å²) < 4.78 is 0. The number of aromatic nitrogens is 2. The number of hydrogen-bond acceptors (Lipinski definition) is 7. The molecule has 0 unspecified atom stereocenters. The van der Waals surface area contributed by atoms with Crippen molar-refractivity contribution >= 4 is 45.6 Å². The van der Waals surface area contributed by atoms with Gasteiger partial charge in [0.1, 0.15) is 16.1 Å². The minimum atomic E-state index is -0.867. The van der Waals surface area contributed by atoms with Gasteiger partial charge < -0.3 is 5.32 Å². The number of carbonyl (C=O) groups excluding carboxylic acids is 2. The number of rotatable bonds is 7. The molecule has 0 aliphatic carbocycles. The molecule has 2 amide bonds. The summed E-state index contributed by atoms with van der Waals surface area (Å²) in [6, 6.07) is 2.84. The Balaban J connectivity index is 2.15. The third kappa shape index (κ3) is 5.23. The molecule has 0 bridgehead atoms. The van der Waals surface area contributed by atoms with Crippen molar-refractivity contribution in [3.63, 3.8) is 0 Å². The maximum Gasteiger partial charge on any atom is 0.288 e. The van der Waals surface area contributed by atoms with Gasteiger partial charge in [-0.2, -0.15) is 0 Å². The fraction of sp³-hybridized carbons (Fsp3) is 0.412. The summed E-state index contributed by atoms with van der Waals surface area (Å²) in [4.78, 5) is 35.5. The van der Waals surface area contributed by atoms with Crippen LogP contribution in [0.5, 0.6) is 0 Å². The standard InChI is InChI=1S/C17H20ClN5O4S/c1-8(2)13(15(25)20-17-22-21-16(28-17)9(3)4)19-14(24)10-5-6-11(18)12(7-10)23(26)27/h5-9,13H,1-4H3,(H,19,24)(H,20,22,25)/t13-/m0/s1. The lowest BCUT2D eigenvalue weighted by Crippen LogP contribution is -2.47. The van der Waals surface area contributed by atoms with Crippen molar-refractivity contribution in [2.75, 3.05) is 5.32 Å². The Morgan fingerprint density at radius 2 is 1.89 bits per heavy atom. The van der Waals surface area contributed by atoms with Crippen molar-refractivity contribution in [2.24, 2.45) is 5.92 Å². The number of nitro groups is 1. The summed E-state index contributed by atoms with van der Waals surface area (Å²) in [5.74, 6) is -1.11. The molecule has 9 nitrogen and oxygen atoms in total. The molecule has 1 aromatic heterocycles. The number of nitro benzene ring substituents is 1. The van der Waals surface area contributed by atoms with Gasteiger partial charge in [-0.3, -0.25) is 25.0 Å². The highest BCUT2D eigenvalue weighted by Gasteiger charge is 2.27. The van der Waals surface area contributed by atoms with Crippen LogP contribution in [-0.2, 0) is 4.79 Å². The van der Waals surface area contributed by atoms with E-state index >= 15 is 0 Å². The molecule has 0 spiro atoms. The Kier molecular flexibility index (Phi) is 7.03. The molecule has 0 radical (unpaired) electrons. The van der Waals surface area contributed by atoms with Gasteiger partial charge in [-0.15, -0.1) is 10.2 Å². The number of anilines is 1. The first-order valence-corrected chi connectivity index (χ1v) is 9.68. The van der Waals surface area contributed by atoms with Crippen LogP contribution in [0.15, 0.2) is 18.2 Å². The Labute approximate surface area is 170 Å². The largest absolute Gasteiger partial charge is 0.340 e. The fourth-order valence-electron chi connectivity index (χ4n) is 2.25.